The SMILES string of the molecule is CON(C)C(=O)C(CC(C)C)NC(=O)c1ccccc1C. The first-order chi connectivity index (χ1) is 9.86. The van der Waals surface area contributed by atoms with Gasteiger partial charge in [0.05, 0.1) is 7.11 Å². The van der Waals surface area contributed by atoms with Crippen LogP contribution in [0, 0.1) is 12.8 Å². The van der Waals surface area contributed by atoms with Crippen molar-refractivity contribution in [2.24, 2.45) is 5.92 Å². The fourth-order valence-electron chi connectivity index (χ4n) is 2.07. The fraction of sp³-hybridized carbons (Fsp3) is 0.500. The normalized spacial score (nSPS) is 12.1. The first kappa shape index (κ1) is 17.2. The van der Waals surface area contributed by atoms with Crippen molar-refractivity contribution in [1.29, 1.82) is 0 Å². The summed E-state index contributed by atoms with van der Waals surface area (Å²) in [5.74, 6) is -0.217. The second kappa shape index (κ2) is 7.78. The van der Waals surface area contributed by atoms with Gasteiger partial charge in [0.1, 0.15) is 6.04 Å². The number of likely N-dealkylation sites (N-methyl/N-ethyl adjacent to an activating group) is 1. The van der Waals surface area contributed by atoms with Gasteiger partial charge < -0.3 is 5.32 Å². The molecule has 0 spiro atoms. The van der Waals surface area contributed by atoms with E-state index in [4.69, 9.17) is 4.84 Å². The predicted octanol–water partition coefficient (Wildman–Crippen LogP) is 2.16. The Morgan fingerprint density at radius 2 is 1.90 bits per heavy atom. The van der Waals surface area contributed by atoms with E-state index in [1.807, 2.05) is 39.0 Å². The maximum Gasteiger partial charge on any atom is 0.268 e. The maximum absolute atomic E-state index is 12.4. The highest BCUT2D eigenvalue weighted by Crippen LogP contribution is 2.11. The van der Waals surface area contributed by atoms with Crippen LogP contribution in [0.5, 0.6) is 0 Å². The van der Waals surface area contributed by atoms with Crippen molar-refractivity contribution in [3.63, 3.8) is 0 Å². The lowest BCUT2D eigenvalue weighted by molar-refractivity contribution is -0.171. The van der Waals surface area contributed by atoms with E-state index in [2.05, 4.69) is 5.32 Å². The summed E-state index contributed by atoms with van der Waals surface area (Å²) in [5, 5.41) is 3.95. The summed E-state index contributed by atoms with van der Waals surface area (Å²) < 4.78 is 0. The van der Waals surface area contributed by atoms with Crippen LogP contribution >= 0.6 is 0 Å². The molecule has 1 rings (SSSR count). The van der Waals surface area contributed by atoms with E-state index < -0.39 is 6.04 Å². The Balaban J connectivity index is 2.88. The molecule has 0 bridgehead atoms. The molecule has 0 saturated heterocycles. The Morgan fingerprint density at radius 3 is 2.43 bits per heavy atom. The summed E-state index contributed by atoms with van der Waals surface area (Å²) in [4.78, 5) is 29.5. The molecular weight excluding hydrogens is 268 g/mol. The molecule has 0 saturated carbocycles. The monoisotopic (exact) mass is 292 g/mol. The van der Waals surface area contributed by atoms with Crippen molar-refractivity contribution in [2.75, 3.05) is 14.2 Å². The minimum Gasteiger partial charge on any atom is -0.340 e. The van der Waals surface area contributed by atoms with Crippen LogP contribution in [0.25, 0.3) is 0 Å². The number of benzene rings is 1. The van der Waals surface area contributed by atoms with Gasteiger partial charge in [-0.2, -0.15) is 0 Å². The highest BCUT2D eigenvalue weighted by molar-refractivity contribution is 5.98. The van der Waals surface area contributed by atoms with E-state index in [1.54, 1.807) is 6.07 Å². The van der Waals surface area contributed by atoms with Gasteiger partial charge in [0.15, 0.2) is 0 Å². The van der Waals surface area contributed by atoms with Crippen molar-refractivity contribution in [3.8, 4) is 0 Å². The van der Waals surface area contributed by atoms with Gasteiger partial charge in [0, 0.05) is 12.6 Å². The molecule has 1 atom stereocenters. The van der Waals surface area contributed by atoms with Crippen LogP contribution in [0.1, 0.15) is 36.2 Å². The van der Waals surface area contributed by atoms with E-state index in [0.29, 0.717) is 12.0 Å². The second-order valence-electron chi connectivity index (χ2n) is 5.49. The zero-order valence-electron chi connectivity index (χ0n) is 13.3. The minimum atomic E-state index is -0.595. The molecule has 0 aliphatic rings. The molecule has 0 aliphatic heterocycles. The topological polar surface area (TPSA) is 58.6 Å². The summed E-state index contributed by atoms with van der Waals surface area (Å²) in [7, 11) is 2.96. The molecule has 5 nitrogen and oxygen atoms in total. The van der Waals surface area contributed by atoms with E-state index in [0.717, 1.165) is 10.6 Å². The van der Waals surface area contributed by atoms with Crippen molar-refractivity contribution in [1.82, 2.24) is 10.4 Å². The van der Waals surface area contributed by atoms with E-state index >= 15 is 0 Å². The Labute approximate surface area is 126 Å². The lowest BCUT2D eigenvalue weighted by Gasteiger charge is -2.24. The third-order valence-corrected chi connectivity index (χ3v) is 3.28. The molecule has 1 aromatic carbocycles. The summed E-state index contributed by atoms with van der Waals surface area (Å²) in [6, 6.07) is 6.71. The van der Waals surface area contributed by atoms with E-state index in [-0.39, 0.29) is 17.7 Å². The minimum absolute atomic E-state index is 0.239. The smallest absolute Gasteiger partial charge is 0.268 e. The second-order valence-corrected chi connectivity index (χ2v) is 5.49. The van der Waals surface area contributed by atoms with Gasteiger partial charge in [-0.05, 0) is 30.9 Å². The van der Waals surface area contributed by atoms with Crippen LogP contribution in [0.2, 0.25) is 0 Å². The Hall–Kier alpha value is -1.88. The van der Waals surface area contributed by atoms with Crippen LogP contribution in [0.3, 0.4) is 0 Å². The van der Waals surface area contributed by atoms with Gasteiger partial charge in [-0.1, -0.05) is 32.0 Å². The zero-order chi connectivity index (χ0) is 16.0. The Morgan fingerprint density at radius 1 is 1.29 bits per heavy atom. The summed E-state index contributed by atoms with van der Waals surface area (Å²) >= 11 is 0. The zero-order valence-corrected chi connectivity index (χ0v) is 13.3. The number of hydrogen-bond acceptors (Lipinski definition) is 3. The fourth-order valence-corrected chi connectivity index (χ4v) is 2.07. The van der Waals surface area contributed by atoms with Gasteiger partial charge in [-0.15, -0.1) is 0 Å². The van der Waals surface area contributed by atoms with Gasteiger partial charge in [0.2, 0.25) is 0 Å². The van der Waals surface area contributed by atoms with Gasteiger partial charge in [0.25, 0.3) is 11.8 Å². The average Bonchev–Trinajstić information content (AvgIpc) is 2.44. The molecule has 0 heterocycles. The number of hydroxylamine groups is 2. The van der Waals surface area contributed by atoms with Crippen molar-refractivity contribution in [2.45, 2.75) is 33.2 Å². The number of amides is 2. The number of nitrogens with zero attached hydrogens (tertiary/aromatic N) is 1. The van der Waals surface area contributed by atoms with Gasteiger partial charge in [-0.3, -0.25) is 14.4 Å². The van der Waals surface area contributed by atoms with Crippen LogP contribution in [-0.2, 0) is 9.63 Å². The Kier molecular flexibility index (Phi) is 6.37. The number of aryl methyl sites for hydroxylation is 1. The molecule has 1 aromatic rings. The average molecular weight is 292 g/mol. The van der Waals surface area contributed by atoms with Crippen molar-refractivity contribution < 1.29 is 14.4 Å². The number of carbonyl (C=O) groups is 2. The van der Waals surface area contributed by atoms with Crippen LogP contribution in [0.4, 0.5) is 0 Å². The number of carbonyl (C=O) groups excluding carboxylic acids is 2. The van der Waals surface area contributed by atoms with Gasteiger partial charge >= 0.3 is 0 Å². The Bertz CT molecular complexity index is 500. The quantitative estimate of drug-likeness (QED) is 0.817. The maximum atomic E-state index is 12.4. The predicted molar refractivity (Wildman–Crippen MR) is 81.7 cm³/mol. The molecule has 0 fully saturated rings. The molecule has 0 aromatic heterocycles. The summed E-state index contributed by atoms with van der Waals surface area (Å²) in [6.07, 6.45) is 0.560. The summed E-state index contributed by atoms with van der Waals surface area (Å²) in [5.41, 5.74) is 1.46. The molecule has 2 amide bonds. The highest BCUT2D eigenvalue weighted by Gasteiger charge is 2.25. The van der Waals surface area contributed by atoms with Crippen LogP contribution in [-0.4, -0.2) is 37.1 Å². The molecule has 21 heavy (non-hydrogen) atoms. The molecule has 0 radical (unpaired) electrons. The molecule has 116 valence electrons. The number of rotatable bonds is 6. The van der Waals surface area contributed by atoms with Crippen molar-refractivity contribution in [3.05, 3.63) is 35.4 Å². The molecule has 0 aliphatic carbocycles. The summed E-state index contributed by atoms with van der Waals surface area (Å²) in [6.45, 7) is 5.88. The molecule has 1 unspecified atom stereocenters. The first-order valence-corrected chi connectivity index (χ1v) is 7.05. The van der Waals surface area contributed by atoms with E-state index in [1.165, 1.54) is 14.2 Å². The van der Waals surface area contributed by atoms with Crippen molar-refractivity contribution >= 4 is 11.8 Å². The van der Waals surface area contributed by atoms with Crippen LogP contribution in [0.15, 0.2) is 24.3 Å². The lowest BCUT2D eigenvalue weighted by Crippen LogP contribution is -2.47. The highest BCUT2D eigenvalue weighted by atomic mass is 16.7. The molecular formula is C16H24N2O3. The third kappa shape index (κ3) is 4.86. The van der Waals surface area contributed by atoms with Crippen LogP contribution < -0.4 is 5.32 Å². The number of hydrogen-bond donors (Lipinski definition) is 1. The van der Waals surface area contributed by atoms with E-state index in [9.17, 15) is 9.59 Å². The van der Waals surface area contributed by atoms with Gasteiger partial charge in [-0.25, -0.2) is 5.06 Å². The number of nitrogens with one attached hydrogen (secondary N) is 1. The largest absolute Gasteiger partial charge is 0.340 e. The standard InChI is InChI=1S/C16H24N2O3/c1-11(2)10-14(16(20)18(4)21-5)17-15(19)13-9-7-6-8-12(13)3/h6-9,11,14H,10H2,1-5H3,(H,17,19). The first-order valence-electron chi connectivity index (χ1n) is 7.05. The third-order valence-electron chi connectivity index (χ3n) is 3.28. The molecule has 5 heteroatoms. The lowest BCUT2D eigenvalue weighted by atomic mass is 10.0. The molecule has 1 N–H and O–H groups in total.